The Kier molecular flexibility index (Phi) is 4.16. The Bertz CT molecular complexity index is 919. The van der Waals surface area contributed by atoms with Crippen molar-refractivity contribution < 1.29 is 13.9 Å². The molecule has 2 aromatic heterocycles. The summed E-state index contributed by atoms with van der Waals surface area (Å²) in [7, 11) is 0. The number of nitro groups is 1. The van der Waals surface area contributed by atoms with Crippen LogP contribution in [0.3, 0.4) is 0 Å². The van der Waals surface area contributed by atoms with Crippen LogP contribution in [0.4, 0.5) is 11.4 Å². The molecule has 0 bridgehead atoms. The van der Waals surface area contributed by atoms with Crippen molar-refractivity contribution >= 4 is 11.4 Å². The molecule has 1 atom stereocenters. The minimum Gasteiger partial charge on any atom is -0.461 e. The van der Waals surface area contributed by atoms with E-state index in [1.165, 1.54) is 12.3 Å². The van der Waals surface area contributed by atoms with E-state index < -0.39 is 0 Å². The molecule has 3 aromatic rings. The van der Waals surface area contributed by atoms with Crippen molar-refractivity contribution in [2.45, 2.75) is 19.8 Å². The minimum absolute atomic E-state index is 0.0503. The number of hydrogen-bond donors (Lipinski definition) is 0. The van der Waals surface area contributed by atoms with Gasteiger partial charge in [0.15, 0.2) is 5.76 Å². The second kappa shape index (κ2) is 6.62. The lowest BCUT2D eigenvalue weighted by Crippen LogP contribution is -2.34. The predicted octanol–water partition coefficient (Wildman–Crippen LogP) is 4.14. The van der Waals surface area contributed by atoms with Gasteiger partial charge in [-0.2, -0.15) is 4.98 Å². The van der Waals surface area contributed by atoms with Crippen LogP contribution in [0.15, 0.2) is 45.5 Å². The predicted molar refractivity (Wildman–Crippen MR) is 94.7 cm³/mol. The van der Waals surface area contributed by atoms with Crippen molar-refractivity contribution in [3.05, 3.63) is 46.7 Å². The van der Waals surface area contributed by atoms with Gasteiger partial charge in [0.05, 0.1) is 11.2 Å². The van der Waals surface area contributed by atoms with Gasteiger partial charge in [0, 0.05) is 24.7 Å². The fourth-order valence-electron chi connectivity index (χ4n) is 3.32. The van der Waals surface area contributed by atoms with Crippen molar-refractivity contribution in [2.75, 3.05) is 18.0 Å². The van der Waals surface area contributed by atoms with Gasteiger partial charge in [0.1, 0.15) is 5.69 Å². The summed E-state index contributed by atoms with van der Waals surface area (Å²) in [6, 6.07) is 8.49. The highest BCUT2D eigenvalue weighted by molar-refractivity contribution is 5.71. The number of piperidine rings is 1. The summed E-state index contributed by atoms with van der Waals surface area (Å²) in [5, 5.41) is 15.5. The van der Waals surface area contributed by atoms with E-state index in [0.29, 0.717) is 28.8 Å². The van der Waals surface area contributed by atoms with Gasteiger partial charge in [0.25, 0.3) is 11.6 Å². The van der Waals surface area contributed by atoms with Crippen LogP contribution in [0, 0.1) is 16.0 Å². The molecule has 0 radical (unpaired) electrons. The minimum atomic E-state index is -0.359. The zero-order chi connectivity index (χ0) is 18.1. The van der Waals surface area contributed by atoms with Gasteiger partial charge >= 0.3 is 0 Å². The van der Waals surface area contributed by atoms with E-state index in [1.807, 2.05) is 0 Å². The summed E-state index contributed by atoms with van der Waals surface area (Å²) in [6.07, 6.45) is 3.71. The first-order chi connectivity index (χ1) is 12.6. The molecule has 1 saturated heterocycles. The Labute approximate surface area is 149 Å². The number of benzene rings is 1. The maximum absolute atomic E-state index is 11.6. The van der Waals surface area contributed by atoms with Crippen LogP contribution in [-0.2, 0) is 0 Å². The number of hydrogen-bond acceptors (Lipinski definition) is 7. The van der Waals surface area contributed by atoms with Crippen LogP contribution in [0.5, 0.6) is 0 Å². The third kappa shape index (κ3) is 3.05. The molecule has 1 aromatic carbocycles. The summed E-state index contributed by atoms with van der Waals surface area (Å²) >= 11 is 0. The molecule has 0 saturated carbocycles. The molecule has 134 valence electrons. The third-order valence-corrected chi connectivity index (χ3v) is 4.58. The molecular weight excluding hydrogens is 336 g/mol. The van der Waals surface area contributed by atoms with Crippen LogP contribution in [0.2, 0.25) is 0 Å². The van der Waals surface area contributed by atoms with Gasteiger partial charge in [-0.3, -0.25) is 10.1 Å². The lowest BCUT2D eigenvalue weighted by molar-refractivity contribution is -0.384. The smallest absolute Gasteiger partial charge is 0.293 e. The molecule has 0 amide bonds. The van der Waals surface area contributed by atoms with Crippen molar-refractivity contribution in [2.24, 2.45) is 5.92 Å². The number of rotatable bonds is 4. The maximum Gasteiger partial charge on any atom is 0.293 e. The Morgan fingerprint density at radius 1 is 1.35 bits per heavy atom. The van der Waals surface area contributed by atoms with E-state index in [-0.39, 0.29) is 16.5 Å². The topological polar surface area (TPSA) is 98.4 Å². The SMILES string of the molecule is C[C@H]1CCCN(c2ccc(-c3nc(-c4ccco4)no3)cc2[N+](=O)[O-])C1. The fraction of sp³-hybridized carbons (Fsp3) is 0.333. The normalized spacial score (nSPS) is 17.4. The first kappa shape index (κ1) is 16.3. The Morgan fingerprint density at radius 2 is 2.23 bits per heavy atom. The van der Waals surface area contributed by atoms with Crippen LogP contribution in [0.1, 0.15) is 19.8 Å². The zero-order valence-electron chi connectivity index (χ0n) is 14.3. The molecule has 0 spiro atoms. The molecule has 4 rings (SSSR count). The average Bonchev–Trinajstić information content (AvgIpc) is 3.32. The number of anilines is 1. The summed E-state index contributed by atoms with van der Waals surface area (Å²) in [5.74, 6) is 1.53. The standard InChI is InChI=1S/C18H18N4O4/c1-12-4-2-8-21(11-12)14-7-6-13(10-15(14)22(23)24)18-19-17(20-26-18)16-5-3-9-25-16/h3,5-7,9-10,12H,2,4,8,11H2,1H3/t12-/m0/s1. The van der Waals surface area contributed by atoms with Crippen LogP contribution in [-0.4, -0.2) is 28.2 Å². The third-order valence-electron chi connectivity index (χ3n) is 4.58. The van der Waals surface area contributed by atoms with Crippen molar-refractivity contribution in [1.82, 2.24) is 10.1 Å². The van der Waals surface area contributed by atoms with Gasteiger partial charge in [-0.05, 0) is 43.0 Å². The molecular formula is C18H18N4O4. The molecule has 26 heavy (non-hydrogen) atoms. The zero-order valence-corrected chi connectivity index (χ0v) is 14.3. The number of nitrogens with zero attached hydrogens (tertiary/aromatic N) is 4. The van der Waals surface area contributed by atoms with E-state index in [1.54, 1.807) is 24.3 Å². The van der Waals surface area contributed by atoms with E-state index in [2.05, 4.69) is 22.0 Å². The van der Waals surface area contributed by atoms with Gasteiger partial charge in [0.2, 0.25) is 5.82 Å². The van der Waals surface area contributed by atoms with Crippen LogP contribution in [0.25, 0.3) is 23.0 Å². The lowest BCUT2D eigenvalue weighted by atomic mass is 9.99. The molecule has 1 fully saturated rings. The molecule has 0 N–H and O–H groups in total. The van der Waals surface area contributed by atoms with Crippen LogP contribution < -0.4 is 4.90 Å². The second-order valence-electron chi connectivity index (χ2n) is 6.55. The van der Waals surface area contributed by atoms with Crippen LogP contribution >= 0.6 is 0 Å². The molecule has 3 heterocycles. The molecule has 1 aliphatic rings. The Morgan fingerprint density at radius 3 is 2.96 bits per heavy atom. The van der Waals surface area contributed by atoms with Gasteiger partial charge in [-0.25, -0.2) is 0 Å². The van der Waals surface area contributed by atoms with E-state index >= 15 is 0 Å². The maximum atomic E-state index is 11.6. The summed E-state index contributed by atoms with van der Waals surface area (Å²) in [4.78, 5) is 17.6. The van der Waals surface area contributed by atoms with Gasteiger partial charge in [-0.1, -0.05) is 12.1 Å². The Balaban J connectivity index is 1.68. The first-order valence-electron chi connectivity index (χ1n) is 8.53. The lowest BCUT2D eigenvalue weighted by Gasteiger charge is -2.32. The molecule has 8 heteroatoms. The van der Waals surface area contributed by atoms with E-state index in [0.717, 1.165) is 25.9 Å². The van der Waals surface area contributed by atoms with Crippen molar-refractivity contribution in [3.63, 3.8) is 0 Å². The van der Waals surface area contributed by atoms with Gasteiger partial charge < -0.3 is 13.8 Å². The molecule has 8 nitrogen and oxygen atoms in total. The number of furan rings is 1. The molecule has 0 unspecified atom stereocenters. The van der Waals surface area contributed by atoms with Gasteiger partial charge in [-0.15, -0.1) is 0 Å². The van der Waals surface area contributed by atoms with E-state index in [9.17, 15) is 10.1 Å². The number of nitro benzene ring substituents is 1. The largest absolute Gasteiger partial charge is 0.461 e. The quantitative estimate of drug-likeness (QED) is 0.513. The fourth-order valence-corrected chi connectivity index (χ4v) is 3.32. The monoisotopic (exact) mass is 354 g/mol. The highest BCUT2D eigenvalue weighted by Crippen LogP contribution is 2.35. The summed E-state index contributed by atoms with van der Waals surface area (Å²) in [5.41, 5.74) is 1.20. The van der Waals surface area contributed by atoms with Crippen molar-refractivity contribution in [1.29, 1.82) is 0 Å². The highest BCUT2D eigenvalue weighted by Gasteiger charge is 2.25. The summed E-state index contributed by atoms with van der Waals surface area (Å²) < 4.78 is 10.5. The molecule has 0 aliphatic carbocycles. The molecule has 1 aliphatic heterocycles. The summed E-state index contributed by atoms with van der Waals surface area (Å²) in [6.45, 7) is 3.82. The highest BCUT2D eigenvalue weighted by atomic mass is 16.6. The first-order valence-corrected chi connectivity index (χ1v) is 8.53. The second-order valence-corrected chi connectivity index (χ2v) is 6.55. The number of aromatic nitrogens is 2. The average molecular weight is 354 g/mol. The Hall–Kier alpha value is -3.16. The van der Waals surface area contributed by atoms with Crippen molar-refractivity contribution in [3.8, 4) is 23.0 Å². The van der Waals surface area contributed by atoms with E-state index in [4.69, 9.17) is 8.94 Å².